The van der Waals surface area contributed by atoms with Gasteiger partial charge in [-0.3, -0.25) is 15.0 Å². The number of nitrogens with zero attached hydrogens (tertiary/aromatic N) is 2. The average molecular weight is 291 g/mol. The molecule has 2 unspecified atom stereocenters. The zero-order valence-corrected chi connectivity index (χ0v) is 13.1. The van der Waals surface area contributed by atoms with E-state index in [1.54, 1.807) is 13.0 Å². The number of hydrogen-bond donors (Lipinski definition) is 1. The molecule has 1 N–H and O–H groups in total. The Bertz CT molecular complexity index is 502. The third-order valence-corrected chi connectivity index (χ3v) is 4.50. The standard InChI is InChI=1S/C16H25N3O2/c1-12-6-7-15(9-16(12)19(20)21)13(2)18-8-4-5-14(11-18)10-17-3/h6-7,9,13-14,17H,4-5,8,10-11H2,1-3H3. The Labute approximate surface area is 126 Å². The van der Waals surface area contributed by atoms with E-state index in [1.807, 2.05) is 19.2 Å². The topological polar surface area (TPSA) is 58.4 Å². The van der Waals surface area contributed by atoms with Crippen molar-refractivity contribution in [2.24, 2.45) is 5.92 Å². The Kier molecular flexibility index (Phi) is 5.31. The smallest absolute Gasteiger partial charge is 0.272 e. The van der Waals surface area contributed by atoms with Crippen LogP contribution in [0.3, 0.4) is 0 Å². The fraction of sp³-hybridized carbons (Fsp3) is 0.625. The van der Waals surface area contributed by atoms with Crippen molar-refractivity contribution in [3.8, 4) is 0 Å². The zero-order valence-electron chi connectivity index (χ0n) is 13.1. The van der Waals surface area contributed by atoms with Gasteiger partial charge in [-0.1, -0.05) is 12.1 Å². The van der Waals surface area contributed by atoms with Gasteiger partial charge >= 0.3 is 0 Å². The number of piperidine rings is 1. The summed E-state index contributed by atoms with van der Waals surface area (Å²) in [5.74, 6) is 0.673. The van der Waals surface area contributed by atoms with Crippen molar-refractivity contribution in [1.82, 2.24) is 10.2 Å². The lowest BCUT2D eigenvalue weighted by Crippen LogP contribution is -2.40. The van der Waals surface area contributed by atoms with Crippen molar-refractivity contribution in [2.45, 2.75) is 32.7 Å². The molecule has 0 radical (unpaired) electrons. The van der Waals surface area contributed by atoms with Gasteiger partial charge in [-0.25, -0.2) is 0 Å². The van der Waals surface area contributed by atoms with Crippen molar-refractivity contribution >= 4 is 5.69 Å². The predicted octanol–water partition coefficient (Wildman–Crippen LogP) is 2.90. The van der Waals surface area contributed by atoms with E-state index in [9.17, 15) is 10.1 Å². The van der Waals surface area contributed by atoms with Crippen LogP contribution in [0.2, 0.25) is 0 Å². The second-order valence-corrected chi connectivity index (χ2v) is 6.04. The maximum atomic E-state index is 11.1. The zero-order chi connectivity index (χ0) is 15.4. The van der Waals surface area contributed by atoms with E-state index in [2.05, 4.69) is 17.1 Å². The summed E-state index contributed by atoms with van der Waals surface area (Å²) in [6, 6.07) is 5.85. The third-order valence-electron chi connectivity index (χ3n) is 4.50. The van der Waals surface area contributed by atoms with Crippen LogP contribution in [0.1, 0.15) is 36.9 Å². The molecule has 0 spiro atoms. The highest BCUT2D eigenvalue weighted by molar-refractivity contribution is 5.43. The lowest BCUT2D eigenvalue weighted by Gasteiger charge is -2.37. The number of rotatable bonds is 5. The average Bonchev–Trinajstić information content (AvgIpc) is 2.47. The molecule has 5 nitrogen and oxygen atoms in total. The fourth-order valence-electron chi connectivity index (χ4n) is 3.20. The first-order chi connectivity index (χ1) is 10.0. The van der Waals surface area contributed by atoms with Gasteiger partial charge in [-0.05, 0) is 58.3 Å². The van der Waals surface area contributed by atoms with Crippen LogP contribution in [0.4, 0.5) is 5.69 Å². The van der Waals surface area contributed by atoms with Gasteiger partial charge in [0.15, 0.2) is 0 Å². The minimum absolute atomic E-state index is 0.225. The summed E-state index contributed by atoms with van der Waals surface area (Å²) >= 11 is 0. The number of nitro groups is 1. The van der Waals surface area contributed by atoms with Crippen LogP contribution in [0.15, 0.2) is 18.2 Å². The first kappa shape index (κ1) is 15.9. The number of likely N-dealkylation sites (tertiary alicyclic amines) is 1. The Hall–Kier alpha value is -1.46. The molecule has 1 aliphatic heterocycles. The maximum Gasteiger partial charge on any atom is 0.272 e. The van der Waals surface area contributed by atoms with E-state index in [0.717, 1.165) is 30.8 Å². The van der Waals surface area contributed by atoms with Crippen LogP contribution < -0.4 is 5.32 Å². The second-order valence-electron chi connectivity index (χ2n) is 6.04. The molecule has 1 heterocycles. The first-order valence-electron chi connectivity index (χ1n) is 7.66. The molecule has 1 aromatic carbocycles. The van der Waals surface area contributed by atoms with E-state index in [1.165, 1.54) is 12.8 Å². The van der Waals surface area contributed by atoms with Gasteiger partial charge in [-0.15, -0.1) is 0 Å². The monoisotopic (exact) mass is 291 g/mol. The van der Waals surface area contributed by atoms with Crippen LogP contribution >= 0.6 is 0 Å². The molecule has 0 saturated carbocycles. The van der Waals surface area contributed by atoms with E-state index in [4.69, 9.17) is 0 Å². The van der Waals surface area contributed by atoms with Gasteiger partial charge in [0.2, 0.25) is 0 Å². The molecule has 21 heavy (non-hydrogen) atoms. The van der Waals surface area contributed by atoms with Gasteiger partial charge < -0.3 is 5.32 Å². The lowest BCUT2D eigenvalue weighted by molar-refractivity contribution is -0.385. The minimum Gasteiger partial charge on any atom is -0.319 e. The Morgan fingerprint density at radius 1 is 1.52 bits per heavy atom. The third kappa shape index (κ3) is 3.80. The highest BCUT2D eigenvalue weighted by atomic mass is 16.6. The van der Waals surface area contributed by atoms with Crippen molar-refractivity contribution in [3.63, 3.8) is 0 Å². The normalized spacial score (nSPS) is 21.2. The summed E-state index contributed by atoms with van der Waals surface area (Å²) in [4.78, 5) is 13.3. The van der Waals surface area contributed by atoms with Crippen LogP contribution in [0.5, 0.6) is 0 Å². The molecule has 2 rings (SSSR count). The van der Waals surface area contributed by atoms with E-state index in [0.29, 0.717) is 5.92 Å². The first-order valence-corrected chi connectivity index (χ1v) is 7.66. The molecule has 1 saturated heterocycles. The molecule has 0 bridgehead atoms. The molecule has 1 fully saturated rings. The number of nitrogens with one attached hydrogen (secondary N) is 1. The summed E-state index contributed by atoms with van der Waals surface area (Å²) in [6.45, 7) is 7.11. The molecule has 1 aliphatic rings. The van der Waals surface area contributed by atoms with Crippen LogP contribution in [-0.2, 0) is 0 Å². The molecule has 2 atom stereocenters. The van der Waals surface area contributed by atoms with Crippen LogP contribution in [-0.4, -0.2) is 36.5 Å². The van der Waals surface area contributed by atoms with Gasteiger partial charge in [0.25, 0.3) is 5.69 Å². The summed E-state index contributed by atoms with van der Waals surface area (Å²) in [6.07, 6.45) is 2.46. The van der Waals surface area contributed by atoms with Gasteiger partial charge in [0, 0.05) is 24.2 Å². The highest BCUT2D eigenvalue weighted by Crippen LogP contribution is 2.29. The summed E-state index contributed by atoms with van der Waals surface area (Å²) in [7, 11) is 1.99. The maximum absolute atomic E-state index is 11.1. The van der Waals surface area contributed by atoms with E-state index in [-0.39, 0.29) is 16.7 Å². The molecule has 0 aromatic heterocycles. The highest BCUT2D eigenvalue weighted by Gasteiger charge is 2.25. The van der Waals surface area contributed by atoms with Crippen molar-refractivity contribution in [3.05, 3.63) is 39.4 Å². The SMILES string of the molecule is CNCC1CCCN(C(C)c2ccc(C)c([N+](=O)[O-])c2)C1. The minimum atomic E-state index is -0.286. The van der Waals surface area contributed by atoms with E-state index >= 15 is 0 Å². The number of benzene rings is 1. The van der Waals surface area contributed by atoms with Gasteiger partial charge in [0.05, 0.1) is 4.92 Å². The molecule has 0 amide bonds. The predicted molar refractivity (Wildman–Crippen MR) is 84.5 cm³/mol. The van der Waals surface area contributed by atoms with Crippen molar-refractivity contribution in [2.75, 3.05) is 26.7 Å². The lowest BCUT2D eigenvalue weighted by atomic mass is 9.95. The summed E-state index contributed by atoms with van der Waals surface area (Å²) in [5, 5.41) is 14.3. The quantitative estimate of drug-likeness (QED) is 0.669. The number of hydrogen-bond acceptors (Lipinski definition) is 4. The number of nitro benzene ring substituents is 1. The van der Waals surface area contributed by atoms with Gasteiger partial charge in [0.1, 0.15) is 0 Å². The Balaban J connectivity index is 2.13. The van der Waals surface area contributed by atoms with Crippen molar-refractivity contribution in [1.29, 1.82) is 0 Å². The largest absolute Gasteiger partial charge is 0.319 e. The van der Waals surface area contributed by atoms with Crippen LogP contribution in [0.25, 0.3) is 0 Å². The Morgan fingerprint density at radius 3 is 2.95 bits per heavy atom. The van der Waals surface area contributed by atoms with Crippen molar-refractivity contribution < 1.29 is 4.92 Å². The second kappa shape index (κ2) is 7.00. The summed E-state index contributed by atoms with van der Waals surface area (Å²) < 4.78 is 0. The molecule has 5 heteroatoms. The molecular formula is C16H25N3O2. The number of aryl methyl sites for hydroxylation is 1. The molecule has 116 valence electrons. The summed E-state index contributed by atoms with van der Waals surface area (Å²) in [5.41, 5.74) is 1.99. The van der Waals surface area contributed by atoms with E-state index < -0.39 is 0 Å². The van der Waals surface area contributed by atoms with Gasteiger partial charge in [-0.2, -0.15) is 0 Å². The molecular weight excluding hydrogens is 266 g/mol. The molecule has 1 aromatic rings. The molecule has 0 aliphatic carbocycles. The van der Waals surface area contributed by atoms with Crippen LogP contribution in [0, 0.1) is 23.0 Å². The Morgan fingerprint density at radius 2 is 2.29 bits per heavy atom. The fourth-order valence-corrected chi connectivity index (χ4v) is 3.20.